The van der Waals surface area contributed by atoms with Gasteiger partial charge in [-0.2, -0.15) is 5.10 Å². The van der Waals surface area contributed by atoms with Crippen LogP contribution < -0.4 is 0 Å². The smallest absolute Gasteiger partial charge is 0.331 e. The predicted octanol–water partition coefficient (Wildman–Crippen LogP) is 1.68. The molecule has 1 atom stereocenters. The lowest BCUT2D eigenvalue weighted by molar-refractivity contribution is -0.151. The van der Waals surface area contributed by atoms with Crippen LogP contribution in [0.2, 0.25) is 0 Å². The fraction of sp³-hybridized carbons (Fsp3) is 0.615. The molecule has 1 aromatic heterocycles. The molecule has 1 rings (SSSR count). The van der Waals surface area contributed by atoms with E-state index in [1.807, 2.05) is 6.92 Å². The standard InChI is InChI=1S/C13H21N3O3/c1-5-6-15-8-11(7-14-15)12(13(18)19)16(9(2)3)10(4)17/h7-9,12H,5-6H2,1-4H3,(H,18,19). The molecule has 6 heteroatoms. The van der Waals surface area contributed by atoms with Crippen LogP contribution in [-0.4, -0.2) is 37.7 Å². The second-order valence-electron chi connectivity index (χ2n) is 4.80. The van der Waals surface area contributed by atoms with Gasteiger partial charge in [-0.05, 0) is 20.3 Å². The molecule has 0 aliphatic carbocycles. The summed E-state index contributed by atoms with van der Waals surface area (Å²) in [7, 11) is 0. The zero-order valence-electron chi connectivity index (χ0n) is 11.8. The van der Waals surface area contributed by atoms with Crippen LogP contribution in [-0.2, 0) is 16.1 Å². The molecule has 1 heterocycles. The second-order valence-corrected chi connectivity index (χ2v) is 4.80. The largest absolute Gasteiger partial charge is 0.479 e. The third-order valence-corrected chi connectivity index (χ3v) is 2.85. The molecule has 0 spiro atoms. The van der Waals surface area contributed by atoms with Crippen LogP contribution in [0.15, 0.2) is 12.4 Å². The number of carboxylic acids is 1. The maximum atomic E-state index is 11.7. The Kier molecular flexibility index (Phi) is 5.09. The quantitative estimate of drug-likeness (QED) is 0.850. The SMILES string of the molecule is CCCn1cc(C(C(=O)O)N(C(C)=O)C(C)C)cn1. The molecular weight excluding hydrogens is 246 g/mol. The number of carbonyl (C=O) groups excluding carboxylic acids is 1. The normalized spacial score (nSPS) is 12.5. The fourth-order valence-corrected chi connectivity index (χ4v) is 2.14. The van der Waals surface area contributed by atoms with Gasteiger partial charge in [-0.3, -0.25) is 9.48 Å². The summed E-state index contributed by atoms with van der Waals surface area (Å²) in [4.78, 5) is 24.5. The molecular formula is C13H21N3O3. The van der Waals surface area contributed by atoms with Gasteiger partial charge in [0.1, 0.15) is 0 Å². The van der Waals surface area contributed by atoms with Crippen molar-refractivity contribution in [2.45, 2.75) is 52.7 Å². The summed E-state index contributed by atoms with van der Waals surface area (Å²) >= 11 is 0. The molecule has 1 N–H and O–H groups in total. The first-order chi connectivity index (χ1) is 8.88. The Hall–Kier alpha value is -1.85. The number of hydrogen-bond acceptors (Lipinski definition) is 3. The number of nitrogens with zero attached hydrogens (tertiary/aromatic N) is 3. The molecule has 1 aromatic rings. The minimum Gasteiger partial charge on any atom is -0.479 e. The van der Waals surface area contributed by atoms with Gasteiger partial charge in [0.25, 0.3) is 0 Å². The Labute approximate surface area is 113 Å². The summed E-state index contributed by atoms with van der Waals surface area (Å²) in [6.45, 7) is 7.73. The highest BCUT2D eigenvalue weighted by Crippen LogP contribution is 2.23. The molecule has 19 heavy (non-hydrogen) atoms. The van der Waals surface area contributed by atoms with Gasteiger partial charge in [0.2, 0.25) is 5.91 Å². The lowest BCUT2D eigenvalue weighted by Crippen LogP contribution is -2.42. The highest BCUT2D eigenvalue weighted by molar-refractivity contribution is 5.83. The lowest BCUT2D eigenvalue weighted by Gasteiger charge is -2.30. The zero-order valence-corrected chi connectivity index (χ0v) is 11.8. The predicted molar refractivity (Wildman–Crippen MR) is 70.6 cm³/mol. The maximum absolute atomic E-state index is 11.7. The van der Waals surface area contributed by atoms with Crippen LogP contribution in [0.3, 0.4) is 0 Å². The van der Waals surface area contributed by atoms with Crippen LogP contribution in [0.5, 0.6) is 0 Å². The number of hydrogen-bond donors (Lipinski definition) is 1. The number of carbonyl (C=O) groups is 2. The minimum atomic E-state index is -1.04. The molecule has 1 unspecified atom stereocenters. The molecule has 0 aliphatic rings. The molecule has 106 valence electrons. The van der Waals surface area contributed by atoms with Crippen LogP contribution in [0, 0.1) is 0 Å². The maximum Gasteiger partial charge on any atom is 0.331 e. The van der Waals surface area contributed by atoms with Gasteiger partial charge in [-0.25, -0.2) is 4.79 Å². The minimum absolute atomic E-state index is 0.187. The van der Waals surface area contributed by atoms with E-state index in [0.717, 1.165) is 13.0 Å². The second kappa shape index (κ2) is 6.36. The van der Waals surface area contributed by atoms with Crippen molar-refractivity contribution >= 4 is 11.9 Å². The fourth-order valence-electron chi connectivity index (χ4n) is 2.14. The van der Waals surface area contributed by atoms with Crippen molar-refractivity contribution in [1.82, 2.24) is 14.7 Å². The Balaban J connectivity index is 3.11. The van der Waals surface area contributed by atoms with E-state index < -0.39 is 12.0 Å². The van der Waals surface area contributed by atoms with E-state index in [2.05, 4.69) is 5.10 Å². The summed E-state index contributed by atoms with van der Waals surface area (Å²) in [5.41, 5.74) is 0.532. The lowest BCUT2D eigenvalue weighted by atomic mass is 10.1. The van der Waals surface area contributed by atoms with E-state index in [9.17, 15) is 14.7 Å². The first-order valence-corrected chi connectivity index (χ1v) is 6.42. The number of rotatable bonds is 6. The number of aromatic nitrogens is 2. The highest BCUT2D eigenvalue weighted by atomic mass is 16.4. The average molecular weight is 267 g/mol. The monoisotopic (exact) mass is 267 g/mol. The van der Waals surface area contributed by atoms with Crippen molar-refractivity contribution < 1.29 is 14.7 Å². The summed E-state index contributed by atoms with van der Waals surface area (Å²) in [6, 6.07) is -1.17. The van der Waals surface area contributed by atoms with Crippen molar-refractivity contribution in [2.75, 3.05) is 0 Å². The van der Waals surface area contributed by atoms with Gasteiger partial charge in [0.05, 0.1) is 6.20 Å². The van der Waals surface area contributed by atoms with E-state index in [1.54, 1.807) is 24.7 Å². The summed E-state index contributed by atoms with van der Waals surface area (Å²) < 4.78 is 1.70. The molecule has 1 amide bonds. The molecule has 0 aliphatic heterocycles. The van der Waals surface area contributed by atoms with Crippen LogP contribution >= 0.6 is 0 Å². The van der Waals surface area contributed by atoms with E-state index in [0.29, 0.717) is 5.56 Å². The van der Waals surface area contributed by atoms with E-state index in [1.165, 1.54) is 18.0 Å². The third kappa shape index (κ3) is 3.56. The van der Waals surface area contributed by atoms with Crippen molar-refractivity contribution in [3.8, 4) is 0 Å². The Morgan fingerprint density at radius 3 is 2.53 bits per heavy atom. The molecule has 0 aromatic carbocycles. The van der Waals surface area contributed by atoms with E-state index in [-0.39, 0.29) is 11.9 Å². The van der Waals surface area contributed by atoms with Crippen molar-refractivity contribution in [3.63, 3.8) is 0 Å². The average Bonchev–Trinajstić information content (AvgIpc) is 2.72. The van der Waals surface area contributed by atoms with E-state index >= 15 is 0 Å². The van der Waals surface area contributed by atoms with Crippen LogP contribution in [0.25, 0.3) is 0 Å². The number of carboxylic acid groups (broad SMARTS) is 1. The van der Waals surface area contributed by atoms with Gasteiger partial charge < -0.3 is 10.0 Å². The molecule has 6 nitrogen and oxygen atoms in total. The zero-order chi connectivity index (χ0) is 14.6. The first-order valence-electron chi connectivity index (χ1n) is 6.42. The van der Waals surface area contributed by atoms with Gasteiger partial charge in [0, 0.05) is 31.3 Å². The topological polar surface area (TPSA) is 75.4 Å². The highest BCUT2D eigenvalue weighted by Gasteiger charge is 2.32. The van der Waals surface area contributed by atoms with Gasteiger partial charge in [-0.1, -0.05) is 6.92 Å². The molecule has 0 saturated carbocycles. The molecule has 0 bridgehead atoms. The van der Waals surface area contributed by atoms with Crippen molar-refractivity contribution in [2.24, 2.45) is 0 Å². The summed E-state index contributed by atoms with van der Waals surface area (Å²) in [5.74, 6) is -1.30. The number of aliphatic carboxylic acids is 1. The molecule has 0 saturated heterocycles. The molecule has 0 radical (unpaired) electrons. The van der Waals surface area contributed by atoms with Crippen LogP contribution in [0.4, 0.5) is 0 Å². The van der Waals surface area contributed by atoms with Gasteiger partial charge in [-0.15, -0.1) is 0 Å². The summed E-state index contributed by atoms with van der Waals surface area (Å²) in [5, 5.41) is 13.5. The Morgan fingerprint density at radius 2 is 2.11 bits per heavy atom. The first kappa shape index (κ1) is 15.2. The Morgan fingerprint density at radius 1 is 1.47 bits per heavy atom. The Bertz CT molecular complexity index is 454. The van der Waals surface area contributed by atoms with Crippen LogP contribution in [0.1, 0.15) is 45.7 Å². The van der Waals surface area contributed by atoms with Gasteiger partial charge in [0.15, 0.2) is 6.04 Å². The van der Waals surface area contributed by atoms with Crippen molar-refractivity contribution in [3.05, 3.63) is 18.0 Å². The molecule has 0 fully saturated rings. The summed E-state index contributed by atoms with van der Waals surface area (Å²) in [6.07, 6.45) is 4.13. The van der Waals surface area contributed by atoms with E-state index in [4.69, 9.17) is 0 Å². The number of amides is 1. The number of aryl methyl sites for hydroxylation is 1. The van der Waals surface area contributed by atoms with Gasteiger partial charge >= 0.3 is 5.97 Å². The van der Waals surface area contributed by atoms with Crippen molar-refractivity contribution in [1.29, 1.82) is 0 Å². The third-order valence-electron chi connectivity index (χ3n) is 2.85.